The molecule has 0 spiro atoms. The van der Waals surface area contributed by atoms with Crippen molar-refractivity contribution in [1.82, 2.24) is 15.0 Å². The molecule has 5 nitrogen and oxygen atoms in total. The fraction of sp³-hybridized carbons (Fsp3) is 0.533. The molecule has 10 heteroatoms. The van der Waals surface area contributed by atoms with Crippen molar-refractivity contribution in [1.29, 1.82) is 0 Å². The molecule has 0 saturated heterocycles. The smallest absolute Gasteiger partial charge is 0.352 e. The van der Waals surface area contributed by atoms with Gasteiger partial charge in [0.15, 0.2) is 5.82 Å². The Labute approximate surface area is 141 Å². The first-order valence-corrected chi connectivity index (χ1v) is 7.62. The monoisotopic (exact) mass is 363 g/mol. The fourth-order valence-corrected chi connectivity index (χ4v) is 2.19. The zero-order valence-electron chi connectivity index (χ0n) is 13.7. The third-order valence-electron chi connectivity index (χ3n) is 3.29. The van der Waals surface area contributed by atoms with Gasteiger partial charge in [-0.25, -0.2) is 8.78 Å². The van der Waals surface area contributed by atoms with Gasteiger partial charge in [-0.15, -0.1) is 0 Å². The average Bonchev–Trinajstić information content (AvgIpc) is 2.44. The summed E-state index contributed by atoms with van der Waals surface area (Å²) in [5.74, 6) is -3.50. The Morgan fingerprint density at radius 2 is 1.84 bits per heavy atom. The first-order valence-electron chi connectivity index (χ1n) is 7.62. The molecule has 0 aromatic carbocycles. The van der Waals surface area contributed by atoms with E-state index in [0.29, 0.717) is 6.42 Å². The van der Waals surface area contributed by atoms with Crippen LogP contribution in [0.1, 0.15) is 38.9 Å². The molecule has 0 saturated carbocycles. The maximum absolute atomic E-state index is 13.6. The van der Waals surface area contributed by atoms with Crippen molar-refractivity contribution >= 4 is 17.5 Å². The second-order valence-corrected chi connectivity index (χ2v) is 5.99. The number of nitrogens with zero attached hydrogens (tertiary/aromatic N) is 3. The van der Waals surface area contributed by atoms with Gasteiger partial charge in [-0.05, 0) is 38.3 Å². The van der Waals surface area contributed by atoms with Crippen LogP contribution in [-0.2, 0) is 0 Å². The van der Waals surface area contributed by atoms with Gasteiger partial charge in [-0.2, -0.15) is 28.1 Å². The van der Waals surface area contributed by atoms with E-state index in [0.717, 1.165) is 6.08 Å². The summed E-state index contributed by atoms with van der Waals surface area (Å²) in [6, 6.07) is -0.115. The fourth-order valence-electron chi connectivity index (χ4n) is 2.19. The molecule has 2 N–H and O–H groups in total. The predicted octanol–water partition coefficient (Wildman–Crippen LogP) is 4.38. The Morgan fingerprint density at radius 3 is 2.40 bits per heavy atom. The van der Waals surface area contributed by atoms with Crippen molar-refractivity contribution in [2.24, 2.45) is 0 Å². The average molecular weight is 363 g/mol. The van der Waals surface area contributed by atoms with Crippen molar-refractivity contribution in [2.45, 2.75) is 51.3 Å². The van der Waals surface area contributed by atoms with E-state index >= 15 is 0 Å². The normalized spacial score (nSPS) is 17.2. The highest BCUT2D eigenvalue weighted by atomic mass is 19.4. The maximum atomic E-state index is 13.6. The van der Waals surface area contributed by atoms with Crippen molar-refractivity contribution < 1.29 is 22.0 Å². The van der Waals surface area contributed by atoms with Crippen LogP contribution in [0, 0.1) is 0 Å². The molecule has 1 aromatic rings. The molecule has 25 heavy (non-hydrogen) atoms. The summed E-state index contributed by atoms with van der Waals surface area (Å²) >= 11 is 0. The molecule has 0 fully saturated rings. The second-order valence-electron chi connectivity index (χ2n) is 5.99. The molecule has 138 valence electrons. The summed E-state index contributed by atoms with van der Waals surface area (Å²) in [6.07, 6.45) is -3.67. The molecule has 0 unspecified atom stereocenters. The number of alkyl halides is 5. The molecule has 1 heterocycles. The molecule has 1 aliphatic carbocycles. The third-order valence-corrected chi connectivity index (χ3v) is 3.29. The van der Waals surface area contributed by atoms with Crippen molar-refractivity contribution in [3.05, 3.63) is 24.2 Å². The van der Waals surface area contributed by atoms with Crippen LogP contribution in [0.4, 0.5) is 33.8 Å². The number of halogens is 5. The SMILES string of the molecule is C=C(Nc1nc(NC(C)C)nc(C2=CC(F)(F)CCC2)n1)C(F)(F)F. The minimum Gasteiger partial charge on any atom is -0.352 e. The van der Waals surface area contributed by atoms with Gasteiger partial charge in [0.25, 0.3) is 5.92 Å². The van der Waals surface area contributed by atoms with Gasteiger partial charge in [-0.3, -0.25) is 0 Å². The zero-order valence-corrected chi connectivity index (χ0v) is 13.7. The Bertz CT molecular complexity index is 681. The van der Waals surface area contributed by atoms with Crippen molar-refractivity contribution in [3.63, 3.8) is 0 Å². The van der Waals surface area contributed by atoms with Crippen LogP contribution in [0.2, 0.25) is 0 Å². The third kappa shape index (κ3) is 5.36. The van der Waals surface area contributed by atoms with E-state index in [4.69, 9.17) is 0 Å². The van der Waals surface area contributed by atoms with Gasteiger partial charge in [-0.1, -0.05) is 6.58 Å². The molecule has 1 aromatic heterocycles. The van der Waals surface area contributed by atoms with E-state index in [-0.39, 0.29) is 36.2 Å². The van der Waals surface area contributed by atoms with Gasteiger partial charge in [0.05, 0.1) is 0 Å². The van der Waals surface area contributed by atoms with E-state index in [1.807, 2.05) is 5.32 Å². The summed E-state index contributed by atoms with van der Waals surface area (Å²) in [5, 5.41) is 4.79. The number of aromatic nitrogens is 3. The maximum Gasteiger partial charge on any atom is 0.430 e. The standard InChI is InChI=1S/C15H18F5N5/c1-8(2)21-12-23-11(10-5-4-6-14(16,17)7-10)24-13(25-12)22-9(3)15(18,19)20/h7-8H,3-6H2,1-2H3,(H2,21,22,23,24,25). The van der Waals surface area contributed by atoms with Gasteiger partial charge in [0.2, 0.25) is 11.9 Å². The highest BCUT2D eigenvalue weighted by Crippen LogP contribution is 2.35. The molecule has 0 amide bonds. The van der Waals surface area contributed by atoms with Crippen LogP contribution in [0.25, 0.3) is 5.57 Å². The van der Waals surface area contributed by atoms with Gasteiger partial charge in [0, 0.05) is 12.5 Å². The highest BCUT2D eigenvalue weighted by molar-refractivity contribution is 5.63. The summed E-state index contributed by atoms with van der Waals surface area (Å²) in [7, 11) is 0. The van der Waals surface area contributed by atoms with Crippen LogP contribution < -0.4 is 10.6 Å². The zero-order chi connectivity index (χ0) is 18.8. The van der Waals surface area contributed by atoms with Crippen LogP contribution >= 0.6 is 0 Å². The van der Waals surface area contributed by atoms with Crippen LogP contribution in [0.15, 0.2) is 18.4 Å². The van der Waals surface area contributed by atoms with Gasteiger partial charge in [0.1, 0.15) is 5.70 Å². The number of nitrogens with one attached hydrogen (secondary N) is 2. The number of hydrogen-bond acceptors (Lipinski definition) is 5. The number of rotatable bonds is 5. The van der Waals surface area contributed by atoms with E-state index in [9.17, 15) is 22.0 Å². The molecular weight excluding hydrogens is 345 g/mol. The summed E-state index contributed by atoms with van der Waals surface area (Å²) in [6.45, 7) is 6.44. The molecule has 0 bridgehead atoms. The lowest BCUT2D eigenvalue weighted by atomic mass is 9.96. The van der Waals surface area contributed by atoms with Crippen LogP contribution in [0.3, 0.4) is 0 Å². The number of allylic oxidation sites excluding steroid dienone is 3. The molecule has 2 rings (SSSR count). The van der Waals surface area contributed by atoms with Gasteiger partial charge < -0.3 is 10.6 Å². The second kappa shape index (κ2) is 6.93. The molecule has 0 aliphatic heterocycles. The van der Waals surface area contributed by atoms with Crippen LogP contribution in [-0.4, -0.2) is 33.1 Å². The molecule has 1 aliphatic rings. The number of hydrogen-bond donors (Lipinski definition) is 2. The lowest BCUT2D eigenvalue weighted by Gasteiger charge is -2.21. The first kappa shape index (κ1) is 19.1. The van der Waals surface area contributed by atoms with Crippen LogP contribution in [0.5, 0.6) is 0 Å². The first-order chi connectivity index (χ1) is 11.5. The van der Waals surface area contributed by atoms with Gasteiger partial charge >= 0.3 is 6.18 Å². The quantitative estimate of drug-likeness (QED) is 0.760. The minimum atomic E-state index is -4.68. The topological polar surface area (TPSA) is 62.7 Å². The highest BCUT2D eigenvalue weighted by Gasteiger charge is 2.34. The van der Waals surface area contributed by atoms with Crippen molar-refractivity contribution in [2.75, 3.05) is 10.6 Å². The molecule has 0 atom stereocenters. The summed E-state index contributed by atoms with van der Waals surface area (Å²) < 4.78 is 65.1. The lowest BCUT2D eigenvalue weighted by Crippen LogP contribution is -2.22. The van der Waals surface area contributed by atoms with E-state index in [2.05, 4.69) is 26.8 Å². The largest absolute Gasteiger partial charge is 0.430 e. The molecule has 0 radical (unpaired) electrons. The van der Waals surface area contributed by atoms with E-state index < -0.39 is 23.7 Å². The Kier molecular flexibility index (Phi) is 5.28. The minimum absolute atomic E-state index is 0.00716. The Hall–Kier alpha value is -2.26. The lowest BCUT2D eigenvalue weighted by molar-refractivity contribution is -0.0899. The predicted molar refractivity (Wildman–Crippen MR) is 84.2 cm³/mol. The Balaban J connectivity index is 2.40. The molecular formula is C15H18F5N5. The summed E-state index contributed by atoms with van der Waals surface area (Å²) in [4.78, 5) is 11.7. The number of anilines is 2. The van der Waals surface area contributed by atoms with E-state index in [1.54, 1.807) is 13.8 Å². The summed E-state index contributed by atoms with van der Waals surface area (Å²) in [5.41, 5.74) is -1.09. The Morgan fingerprint density at radius 1 is 1.20 bits per heavy atom. The van der Waals surface area contributed by atoms with E-state index in [1.165, 1.54) is 0 Å². The van der Waals surface area contributed by atoms with Crippen molar-refractivity contribution in [3.8, 4) is 0 Å².